The van der Waals surface area contributed by atoms with E-state index >= 15 is 0 Å². The maximum atomic E-state index is 12.6. The van der Waals surface area contributed by atoms with E-state index in [0.29, 0.717) is 0 Å². The number of benzene rings is 2. The smallest absolute Gasteiger partial charge is 0.394 e. The summed E-state index contributed by atoms with van der Waals surface area (Å²) >= 11 is 0. The number of hydrogen-bond acceptors (Lipinski definition) is 1. The van der Waals surface area contributed by atoms with E-state index in [9.17, 15) is 8.78 Å². The van der Waals surface area contributed by atoms with Gasteiger partial charge in [0.25, 0.3) is 0 Å². The first-order valence-electron chi connectivity index (χ1n) is 5.27. The summed E-state index contributed by atoms with van der Waals surface area (Å²) in [6.07, 6.45) is -3.14. The van der Waals surface area contributed by atoms with Gasteiger partial charge in [0, 0.05) is 6.92 Å². The Morgan fingerprint density at radius 1 is 0.824 bits per heavy atom. The van der Waals surface area contributed by atoms with Crippen molar-refractivity contribution in [3.63, 3.8) is 0 Å². The highest BCUT2D eigenvalue weighted by atomic mass is 19.3. The molecule has 2 aromatic rings. The second kappa shape index (κ2) is 4.53. The fraction of sp³-hybridized carbons (Fsp3) is 0.143. The molecule has 0 saturated carbocycles. The fourth-order valence-electron chi connectivity index (χ4n) is 1.55. The highest BCUT2D eigenvalue weighted by Crippen LogP contribution is 2.25. The molecule has 0 aromatic heterocycles. The van der Waals surface area contributed by atoms with Crippen LogP contribution in [0.25, 0.3) is 11.1 Å². The average molecular weight is 234 g/mol. The van der Waals surface area contributed by atoms with Crippen molar-refractivity contribution >= 4 is 0 Å². The van der Waals surface area contributed by atoms with Crippen LogP contribution in [0.3, 0.4) is 0 Å². The van der Waals surface area contributed by atoms with E-state index in [0.717, 1.165) is 18.1 Å². The zero-order valence-corrected chi connectivity index (χ0v) is 9.36. The van der Waals surface area contributed by atoms with Crippen molar-refractivity contribution in [3.8, 4) is 16.9 Å². The molecule has 0 fully saturated rings. The van der Waals surface area contributed by atoms with Crippen LogP contribution in [0.5, 0.6) is 5.75 Å². The monoisotopic (exact) mass is 234 g/mol. The van der Waals surface area contributed by atoms with E-state index in [1.54, 1.807) is 24.3 Å². The first-order chi connectivity index (χ1) is 8.04. The average Bonchev–Trinajstić information content (AvgIpc) is 2.29. The molecular formula is C14H12F2O. The minimum atomic E-state index is -3.14. The lowest BCUT2D eigenvalue weighted by atomic mass is 10.1. The Morgan fingerprint density at radius 2 is 1.35 bits per heavy atom. The highest BCUT2D eigenvalue weighted by molar-refractivity contribution is 5.63. The molecule has 2 aromatic carbocycles. The van der Waals surface area contributed by atoms with Crippen molar-refractivity contribution in [1.29, 1.82) is 0 Å². The third-order valence-electron chi connectivity index (χ3n) is 2.26. The molecule has 0 spiro atoms. The first-order valence-corrected chi connectivity index (χ1v) is 5.27. The van der Waals surface area contributed by atoms with Gasteiger partial charge in [0.05, 0.1) is 0 Å². The predicted molar refractivity (Wildman–Crippen MR) is 63.1 cm³/mol. The van der Waals surface area contributed by atoms with E-state index in [1.807, 2.05) is 30.3 Å². The molecule has 0 atom stereocenters. The van der Waals surface area contributed by atoms with Crippen LogP contribution >= 0.6 is 0 Å². The van der Waals surface area contributed by atoms with Gasteiger partial charge in [-0.25, -0.2) is 0 Å². The standard InChI is InChI=1S/C14H12F2O/c1-14(15,16)17-13-9-7-12(8-10-13)11-5-3-2-4-6-11/h2-10H,1H3. The summed E-state index contributed by atoms with van der Waals surface area (Å²) in [6, 6.07) is 16.3. The summed E-state index contributed by atoms with van der Waals surface area (Å²) in [4.78, 5) is 0. The van der Waals surface area contributed by atoms with E-state index in [1.165, 1.54) is 0 Å². The molecule has 0 aliphatic rings. The van der Waals surface area contributed by atoms with Gasteiger partial charge < -0.3 is 4.74 Å². The molecule has 0 unspecified atom stereocenters. The Kier molecular flexibility index (Phi) is 3.09. The van der Waals surface area contributed by atoms with Crippen LogP contribution in [-0.4, -0.2) is 6.11 Å². The van der Waals surface area contributed by atoms with Gasteiger partial charge in [-0.2, -0.15) is 8.78 Å². The van der Waals surface area contributed by atoms with Gasteiger partial charge in [-0.3, -0.25) is 0 Å². The maximum absolute atomic E-state index is 12.6. The Bertz CT molecular complexity index is 472. The van der Waals surface area contributed by atoms with Crippen LogP contribution in [0.2, 0.25) is 0 Å². The third-order valence-corrected chi connectivity index (χ3v) is 2.26. The minimum absolute atomic E-state index is 0.164. The van der Waals surface area contributed by atoms with E-state index in [4.69, 9.17) is 0 Å². The molecule has 0 amide bonds. The number of rotatable bonds is 3. The second-order valence-corrected chi connectivity index (χ2v) is 3.80. The molecule has 0 heterocycles. The van der Waals surface area contributed by atoms with E-state index < -0.39 is 6.11 Å². The van der Waals surface area contributed by atoms with E-state index in [-0.39, 0.29) is 5.75 Å². The molecule has 0 radical (unpaired) electrons. The molecule has 88 valence electrons. The van der Waals surface area contributed by atoms with Crippen LogP contribution in [0, 0.1) is 0 Å². The zero-order valence-electron chi connectivity index (χ0n) is 9.36. The summed E-state index contributed by atoms with van der Waals surface area (Å²) in [5.74, 6) is 0.164. The molecule has 1 nitrogen and oxygen atoms in total. The molecule has 3 heteroatoms. The molecule has 0 bridgehead atoms. The normalized spacial score (nSPS) is 11.2. The Morgan fingerprint density at radius 3 is 1.88 bits per heavy atom. The topological polar surface area (TPSA) is 9.23 Å². The van der Waals surface area contributed by atoms with Crippen molar-refractivity contribution in [2.24, 2.45) is 0 Å². The molecule has 2 rings (SSSR count). The maximum Gasteiger partial charge on any atom is 0.394 e. The first kappa shape index (κ1) is 11.6. The van der Waals surface area contributed by atoms with Crippen LogP contribution < -0.4 is 4.74 Å². The molecule has 17 heavy (non-hydrogen) atoms. The molecule has 0 N–H and O–H groups in total. The number of ether oxygens (including phenoxy) is 1. The Balaban J connectivity index is 2.19. The molecular weight excluding hydrogens is 222 g/mol. The number of alkyl halides is 2. The molecule has 0 aliphatic heterocycles. The number of hydrogen-bond donors (Lipinski definition) is 0. The van der Waals surface area contributed by atoms with Crippen molar-refractivity contribution in [3.05, 3.63) is 54.6 Å². The van der Waals surface area contributed by atoms with Crippen LogP contribution in [0.1, 0.15) is 6.92 Å². The predicted octanol–water partition coefficient (Wildman–Crippen LogP) is 4.35. The van der Waals surface area contributed by atoms with Gasteiger partial charge >= 0.3 is 6.11 Å². The van der Waals surface area contributed by atoms with E-state index in [2.05, 4.69) is 4.74 Å². The second-order valence-electron chi connectivity index (χ2n) is 3.80. The van der Waals surface area contributed by atoms with Gasteiger partial charge in [0.2, 0.25) is 0 Å². The quantitative estimate of drug-likeness (QED) is 0.767. The SMILES string of the molecule is CC(F)(F)Oc1ccc(-c2ccccc2)cc1. The summed E-state index contributed by atoms with van der Waals surface area (Å²) in [5.41, 5.74) is 2.01. The zero-order chi connectivity index (χ0) is 12.3. The largest absolute Gasteiger partial charge is 0.433 e. The van der Waals surface area contributed by atoms with Gasteiger partial charge in [-0.1, -0.05) is 42.5 Å². The molecule has 0 saturated heterocycles. The summed E-state index contributed by atoms with van der Waals surface area (Å²) in [6.45, 7) is 0.720. The third kappa shape index (κ3) is 3.28. The summed E-state index contributed by atoms with van der Waals surface area (Å²) < 4.78 is 29.7. The number of halogens is 2. The lowest BCUT2D eigenvalue weighted by molar-refractivity contribution is -0.158. The highest BCUT2D eigenvalue weighted by Gasteiger charge is 2.22. The van der Waals surface area contributed by atoms with Gasteiger partial charge in [0.1, 0.15) is 5.75 Å². The molecule has 0 aliphatic carbocycles. The lowest BCUT2D eigenvalue weighted by Crippen LogP contribution is -2.18. The van der Waals surface area contributed by atoms with Gasteiger partial charge in [0.15, 0.2) is 0 Å². The summed E-state index contributed by atoms with van der Waals surface area (Å²) in [5, 5.41) is 0. The van der Waals surface area contributed by atoms with Crippen LogP contribution in [0.15, 0.2) is 54.6 Å². The van der Waals surface area contributed by atoms with Crippen LogP contribution in [0.4, 0.5) is 8.78 Å². The fourth-order valence-corrected chi connectivity index (χ4v) is 1.55. The minimum Gasteiger partial charge on any atom is -0.433 e. The van der Waals surface area contributed by atoms with Crippen LogP contribution in [-0.2, 0) is 0 Å². The van der Waals surface area contributed by atoms with Crippen molar-refractivity contribution in [1.82, 2.24) is 0 Å². The van der Waals surface area contributed by atoms with Crippen molar-refractivity contribution < 1.29 is 13.5 Å². The lowest BCUT2D eigenvalue weighted by Gasteiger charge is -2.13. The van der Waals surface area contributed by atoms with Crippen molar-refractivity contribution in [2.45, 2.75) is 13.0 Å². The van der Waals surface area contributed by atoms with Gasteiger partial charge in [-0.05, 0) is 23.3 Å². The summed E-state index contributed by atoms with van der Waals surface area (Å²) in [7, 11) is 0. The van der Waals surface area contributed by atoms with Crippen molar-refractivity contribution in [2.75, 3.05) is 0 Å². The Labute approximate surface area is 98.7 Å². The Hall–Kier alpha value is -1.90. The van der Waals surface area contributed by atoms with Gasteiger partial charge in [-0.15, -0.1) is 0 Å².